The molecule has 0 radical (unpaired) electrons. The highest BCUT2D eigenvalue weighted by Crippen LogP contribution is 2.26. The van der Waals surface area contributed by atoms with Gasteiger partial charge in [0.1, 0.15) is 11.5 Å². The minimum absolute atomic E-state index is 0.130. The van der Waals surface area contributed by atoms with E-state index in [9.17, 15) is 4.79 Å². The second-order valence-corrected chi connectivity index (χ2v) is 5.18. The van der Waals surface area contributed by atoms with Gasteiger partial charge in [-0.25, -0.2) is 0 Å². The van der Waals surface area contributed by atoms with Crippen LogP contribution in [0.4, 0.5) is 11.4 Å². The number of anilines is 2. The summed E-state index contributed by atoms with van der Waals surface area (Å²) in [6.07, 6.45) is 2.25. The van der Waals surface area contributed by atoms with Crippen LogP contribution in [0.15, 0.2) is 28.7 Å². The van der Waals surface area contributed by atoms with E-state index in [0.717, 1.165) is 36.5 Å². The molecule has 0 saturated carbocycles. The summed E-state index contributed by atoms with van der Waals surface area (Å²) in [5, 5.41) is 6.29. The standard InChI is InChI=1S/C16H18N2O2/c1-10-8-14(11(2)20-10)16(19)18-13-6-5-12-4-3-7-17-15(12)9-13/h5-6,8-9,17H,3-4,7H2,1-2H3,(H,18,19). The number of nitrogens with one attached hydrogen (secondary N) is 2. The van der Waals surface area contributed by atoms with Crippen LogP contribution in [0.2, 0.25) is 0 Å². The summed E-state index contributed by atoms with van der Waals surface area (Å²) in [6, 6.07) is 7.78. The van der Waals surface area contributed by atoms with Gasteiger partial charge in [-0.2, -0.15) is 0 Å². The van der Waals surface area contributed by atoms with Crippen LogP contribution in [0.3, 0.4) is 0 Å². The van der Waals surface area contributed by atoms with Crippen LogP contribution >= 0.6 is 0 Å². The molecule has 1 aromatic heterocycles. The van der Waals surface area contributed by atoms with Gasteiger partial charge in [-0.05, 0) is 50.5 Å². The Morgan fingerprint density at radius 1 is 1.30 bits per heavy atom. The normalized spacial score (nSPS) is 13.5. The molecule has 0 saturated heterocycles. The predicted molar refractivity (Wildman–Crippen MR) is 79.4 cm³/mol. The van der Waals surface area contributed by atoms with Crippen LogP contribution in [0, 0.1) is 13.8 Å². The first-order valence-electron chi connectivity index (χ1n) is 6.88. The number of hydrogen-bond donors (Lipinski definition) is 2. The van der Waals surface area contributed by atoms with E-state index in [1.807, 2.05) is 19.1 Å². The molecule has 1 aliphatic rings. The van der Waals surface area contributed by atoms with E-state index in [2.05, 4.69) is 16.7 Å². The number of amides is 1. The molecule has 0 spiro atoms. The van der Waals surface area contributed by atoms with Crippen molar-refractivity contribution in [2.45, 2.75) is 26.7 Å². The molecule has 2 aromatic rings. The molecule has 0 atom stereocenters. The highest BCUT2D eigenvalue weighted by atomic mass is 16.3. The van der Waals surface area contributed by atoms with E-state index in [1.54, 1.807) is 13.0 Å². The number of furan rings is 1. The number of benzene rings is 1. The number of rotatable bonds is 2. The molecule has 1 aliphatic heterocycles. The van der Waals surface area contributed by atoms with Gasteiger partial charge >= 0.3 is 0 Å². The molecule has 0 aliphatic carbocycles. The van der Waals surface area contributed by atoms with E-state index in [4.69, 9.17) is 4.42 Å². The highest BCUT2D eigenvalue weighted by molar-refractivity contribution is 6.05. The summed E-state index contributed by atoms with van der Waals surface area (Å²) >= 11 is 0. The first-order valence-corrected chi connectivity index (χ1v) is 6.88. The Hall–Kier alpha value is -2.23. The maximum absolute atomic E-state index is 12.2. The third-order valence-electron chi connectivity index (χ3n) is 3.59. The number of carbonyl (C=O) groups excluding carboxylic acids is 1. The van der Waals surface area contributed by atoms with Crippen LogP contribution < -0.4 is 10.6 Å². The Kier molecular flexibility index (Phi) is 3.22. The molecule has 3 rings (SSSR count). The van der Waals surface area contributed by atoms with E-state index >= 15 is 0 Å². The van der Waals surface area contributed by atoms with Crippen molar-refractivity contribution in [2.24, 2.45) is 0 Å². The molecule has 4 heteroatoms. The lowest BCUT2D eigenvalue weighted by Crippen LogP contribution is -2.15. The quantitative estimate of drug-likeness (QED) is 0.878. The van der Waals surface area contributed by atoms with Crippen molar-refractivity contribution in [3.63, 3.8) is 0 Å². The van der Waals surface area contributed by atoms with Crippen LogP contribution in [0.5, 0.6) is 0 Å². The molecule has 0 fully saturated rings. The number of carbonyl (C=O) groups is 1. The molecular weight excluding hydrogens is 252 g/mol. The first kappa shape index (κ1) is 12.8. The fourth-order valence-corrected chi connectivity index (χ4v) is 2.59. The Balaban J connectivity index is 1.81. The van der Waals surface area contributed by atoms with Crippen molar-refractivity contribution in [1.29, 1.82) is 0 Å². The molecule has 1 amide bonds. The molecular formula is C16H18N2O2. The van der Waals surface area contributed by atoms with Crippen molar-refractivity contribution in [3.05, 3.63) is 46.9 Å². The Bertz CT molecular complexity index is 658. The Morgan fingerprint density at radius 3 is 2.90 bits per heavy atom. The summed E-state index contributed by atoms with van der Waals surface area (Å²) < 4.78 is 5.39. The van der Waals surface area contributed by atoms with Gasteiger partial charge < -0.3 is 15.1 Å². The zero-order chi connectivity index (χ0) is 14.1. The second-order valence-electron chi connectivity index (χ2n) is 5.18. The minimum Gasteiger partial charge on any atom is -0.466 e. The summed E-state index contributed by atoms with van der Waals surface area (Å²) in [7, 11) is 0. The van der Waals surface area contributed by atoms with E-state index in [-0.39, 0.29) is 5.91 Å². The predicted octanol–water partition coefficient (Wildman–Crippen LogP) is 3.51. The molecule has 1 aromatic carbocycles. The summed E-state index contributed by atoms with van der Waals surface area (Å²) in [4.78, 5) is 12.2. The molecule has 20 heavy (non-hydrogen) atoms. The average molecular weight is 270 g/mol. The monoisotopic (exact) mass is 270 g/mol. The minimum atomic E-state index is -0.130. The molecule has 2 N–H and O–H groups in total. The molecule has 4 nitrogen and oxygen atoms in total. The van der Waals surface area contributed by atoms with Crippen molar-refractivity contribution in [2.75, 3.05) is 17.2 Å². The third-order valence-corrected chi connectivity index (χ3v) is 3.59. The van der Waals surface area contributed by atoms with Gasteiger partial charge in [0, 0.05) is 17.9 Å². The van der Waals surface area contributed by atoms with Gasteiger partial charge in [-0.1, -0.05) is 6.07 Å². The number of aryl methyl sites for hydroxylation is 3. The van der Waals surface area contributed by atoms with E-state index < -0.39 is 0 Å². The molecule has 0 unspecified atom stereocenters. The number of hydrogen-bond acceptors (Lipinski definition) is 3. The van der Waals surface area contributed by atoms with E-state index in [0.29, 0.717) is 11.3 Å². The van der Waals surface area contributed by atoms with Crippen molar-refractivity contribution >= 4 is 17.3 Å². The lowest BCUT2D eigenvalue weighted by molar-refractivity contribution is 0.102. The highest BCUT2D eigenvalue weighted by Gasteiger charge is 2.15. The Morgan fingerprint density at radius 2 is 2.15 bits per heavy atom. The molecule has 104 valence electrons. The van der Waals surface area contributed by atoms with Gasteiger partial charge in [-0.15, -0.1) is 0 Å². The molecule has 2 heterocycles. The van der Waals surface area contributed by atoms with E-state index in [1.165, 1.54) is 5.56 Å². The topological polar surface area (TPSA) is 54.3 Å². The van der Waals surface area contributed by atoms with Gasteiger partial charge in [0.25, 0.3) is 5.91 Å². The van der Waals surface area contributed by atoms with Crippen LogP contribution in [-0.4, -0.2) is 12.5 Å². The van der Waals surface area contributed by atoms with Crippen LogP contribution in [0.1, 0.15) is 33.9 Å². The van der Waals surface area contributed by atoms with Crippen LogP contribution in [0.25, 0.3) is 0 Å². The van der Waals surface area contributed by atoms with Crippen molar-refractivity contribution in [3.8, 4) is 0 Å². The summed E-state index contributed by atoms with van der Waals surface area (Å²) in [6.45, 7) is 4.63. The maximum Gasteiger partial charge on any atom is 0.259 e. The van der Waals surface area contributed by atoms with Gasteiger partial charge in [0.15, 0.2) is 0 Å². The summed E-state index contributed by atoms with van der Waals surface area (Å²) in [5.41, 5.74) is 3.83. The van der Waals surface area contributed by atoms with Gasteiger partial charge in [0.05, 0.1) is 5.56 Å². The SMILES string of the molecule is Cc1cc(C(=O)Nc2ccc3c(c2)NCCC3)c(C)o1. The van der Waals surface area contributed by atoms with Crippen molar-refractivity contribution < 1.29 is 9.21 Å². The zero-order valence-corrected chi connectivity index (χ0v) is 11.7. The lowest BCUT2D eigenvalue weighted by Gasteiger charge is -2.18. The van der Waals surface area contributed by atoms with Gasteiger partial charge in [-0.3, -0.25) is 4.79 Å². The Labute approximate surface area is 118 Å². The third kappa shape index (κ3) is 2.41. The first-order chi connectivity index (χ1) is 9.63. The zero-order valence-electron chi connectivity index (χ0n) is 11.7. The fourth-order valence-electron chi connectivity index (χ4n) is 2.59. The lowest BCUT2D eigenvalue weighted by atomic mass is 10.0. The summed E-state index contributed by atoms with van der Waals surface area (Å²) in [5.74, 6) is 1.27. The average Bonchev–Trinajstić information content (AvgIpc) is 2.78. The van der Waals surface area contributed by atoms with Gasteiger partial charge in [0.2, 0.25) is 0 Å². The molecule has 0 bridgehead atoms. The maximum atomic E-state index is 12.2. The number of fused-ring (bicyclic) bond motifs is 1. The smallest absolute Gasteiger partial charge is 0.259 e. The largest absolute Gasteiger partial charge is 0.466 e. The fraction of sp³-hybridized carbons (Fsp3) is 0.312. The second kappa shape index (κ2) is 5.04. The van der Waals surface area contributed by atoms with Crippen molar-refractivity contribution in [1.82, 2.24) is 0 Å². The van der Waals surface area contributed by atoms with Crippen LogP contribution in [-0.2, 0) is 6.42 Å².